The summed E-state index contributed by atoms with van der Waals surface area (Å²) < 4.78 is 11.2. The number of hydrogen-bond acceptors (Lipinski definition) is 6. The van der Waals surface area contributed by atoms with Gasteiger partial charge in [-0.15, -0.1) is 0 Å². The molecule has 1 amide bonds. The fourth-order valence-corrected chi connectivity index (χ4v) is 2.39. The molecule has 1 aromatic heterocycles. The van der Waals surface area contributed by atoms with E-state index in [4.69, 9.17) is 21.1 Å². The van der Waals surface area contributed by atoms with Crippen molar-refractivity contribution in [2.24, 2.45) is 5.10 Å². The molecule has 3 rings (SSSR count). The van der Waals surface area contributed by atoms with Crippen LogP contribution in [0.15, 0.2) is 66.2 Å². The van der Waals surface area contributed by atoms with E-state index in [-0.39, 0.29) is 5.69 Å². The number of benzene rings is 2. The molecule has 0 aliphatic heterocycles. The molecular formula is C20H17ClN4O3. The third-order valence-corrected chi connectivity index (χ3v) is 3.92. The predicted octanol–water partition coefficient (Wildman–Crippen LogP) is 3.48. The number of nitrogens with one attached hydrogen (secondary N) is 1. The summed E-state index contributed by atoms with van der Waals surface area (Å²) in [6.45, 7) is 0.384. The van der Waals surface area contributed by atoms with Crippen LogP contribution in [0.2, 0.25) is 5.02 Å². The van der Waals surface area contributed by atoms with Crippen molar-refractivity contribution >= 4 is 23.7 Å². The number of hydrazone groups is 1. The molecule has 0 aliphatic carbocycles. The Balaban J connectivity index is 1.62. The largest absolute Gasteiger partial charge is 0.493 e. The molecule has 0 unspecified atom stereocenters. The minimum absolute atomic E-state index is 0.183. The van der Waals surface area contributed by atoms with Gasteiger partial charge in [0.15, 0.2) is 11.5 Å². The molecule has 142 valence electrons. The summed E-state index contributed by atoms with van der Waals surface area (Å²) in [5.41, 5.74) is 4.30. The summed E-state index contributed by atoms with van der Waals surface area (Å²) in [7, 11) is 1.56. The van der Waals surface area contributed by atoms with Crippen molar-refractivity contribution in [3.63, 3.8) is 0 Å². The molecule has 0 spiro atoms. The smallest absolute Gasteiger partial charge is 0.291 e. The number of amides is 1. The van der Waals surface area contributed by atoms with Crippen molar-refractivity contribution in [3.05, 3.63) is 82.9 Å². The van der Waals surface area contributed by atoms with Crippen molar-refractivity contribution in [1.82, 2.24) is 15.4 Å². The van der Waals surface area contributed by atoms with Crippen molar-refractivity contribution in [3.8, 4) is 11.5 Å². The van der Waals surface area contributed by atoms with E-state index in [2.05, 4.69) is 20.5 Å². The number of rotatable bonds is 7. The van der Waals surface area contributed by atoms with Gasteiger partial charge >= 0.3 is 0 Å². The van der Waals surface area contributed by atoms with E-state index in [0.717, 1.165) is 11.1 Å². The Bertz CT molecular complexity index is 963. The number of carbonyl (C=O) groups excluding carboxylic acids is 1. The van der Waals surface area contributed by atoms with Gasteiger partial charge in [-0.2, -0.15) is 5.10 Å². The molecule has 0 bridgehead atoms. The van der Waals surface area contributed by atoms with Gasteiger partial charge in [-0.1, -0.05) is 23.7 Å². The molecule has 28 heavy (non-hydrogen) atoms. The van der Waals surface area contributed by atoms with E-state index >= 15 is 0 Å². The van der Waals surface area contributed by atoms with Crippen LogP contribution in [0.25, 0.3) is 0 Å². The van der Waals surface area contributed by atoms with Crippen molar-refractivity contribution in [2.75, 3.05) is 7.11 Å². The van der Waals surface area contributed by atoms with E-state index < -0.39 is 5.91 Å². The Morgan fingerprint density at radius 1 is 1.18 bits per heavy atom. The molecule has 0 saturated heterocycles. The fraction of sp³-hybridized carbons (Fsp3) is 0.100. The van der Waals surface area contributed by atoms with Crippen LogP contribution in [-0.4, -0.2) is 29.2 Å². The molecule has 0 saturated carbocycles. The summed E-state index contributed by atoms with van der Waals surface area (Å²) in [6, 6.07) is 12.8. The molecule has 7 nitrogen and oxygen atoms in total. The van der Waals surface area contributed by atoms with Crippen LogP contribution in [0.4, 0.5) is 0 Å². The number of hydrogen-bond donors (Lipinski definition) is 1. The Hall–Kier alpha value is -3.45. The SMILES string of the molecule is COc1cc(C=NNC(=O)c2cnccn2)ccc1OCc1ccc(Cl)cc1. The van der Waals surface area contributed by atoms with Crippen LogP contribution in [0.3, 0.4) is 0 Å². The van der Waals surface area contributed by atoms with Crippen LogP contribution in [0.1, 0.15) is 21.6 Å². The topological polar surface area (TPSA) is 85.7 Å². The minimum atomic E-state index is -0.445. The Morgan fingerprint density at radius 2 is 2.00 bits per heavy atom. The van der Waals surface area contributed by atoms with Crippen molar-refractivity contribution < 1.29 is 14.3 Å². The molecule has 8 heteroatoms. The van der Waals surface area contributed by atoms with Crippen molar-refractivity contribution in [1.29, 1.82) is 0 Å². The number of carbonyl (C=O) groups is 1. The lowest BCUT2D eigenvalue weighted by Gasteiger charge is -2.11. The standard InChI is InChI=1S/C20H17ClN4O3/c1-27-19-10-15(11-24-25-20(26)17-12-22-8-9-23-17)4-7-18(19)28-13-14-2-5-16(21)6-3-14/h2-12H,13H2,1H3,(H,25,26). The highest BCUT2D eigenvalue weighted by atomic mass is 35.5. The second-order valence-corrected chi connectivity index (χ2v) is 6.05. The van der Waals surface area contributed by atoms with E-state index in [1.165, 1.54) is 24.8 Å². The summed E-state index contributed by atoms with van der Waals surface area (Å²) >= 11 is 5.88. The van der Waals surface area contributed by atoms with Gasteiger partial charge in [0.2, 0.25) is 0 Å². The van der Waals surface area contributed by atoms with Gasteiger partial charge in [0.25, 0.3) is 5.91 Å². The molecule has 2 aromatic carbocycles. The first-order valence-corrected chi connectivity index (χ1v) is 8.68. The molecule has 0 fully saturated rings. The van der Waals surface area contributed by atoms with Gasteiger partial charge in [0, 0.05) is 17.4 Å². The molecule has 3 aromatic rings. The third-order valence-electron chi connectivity index (χ3n) is 3.67. The van der Waals surface area contributed by atoms with Crippen LogP contribution < -0.4 is 14.9 Å². The number of aromatic nitrogens is 2. The maximum absolute atomic E-state index is 11.9. The van der Waals surface area contributed by atoms with Crippen molar-refractivity contribution in [2.45, 2.75) is 6.61 Å². The van der Waals surface area contributed by atoms with E-state index in [1.807, 2.05) is 24.3 Å². The average molecular weight is 397 g/mol. The summed E-state index contributed by atoms with van der Waals surface area (Å²) in [5.74, 6) is 0.704. The highest BCUT2D eigenvalue weighted by molar-refractivity contribution is 6.30. The van der Waals surface area contributed by atoms with Gasteiger partial charge in [-0.05, 0) is 41.5 Å². The lowest BCUT2D eigenvalue weighted by molar-refractivity contribution is 0.0949. The lowest BCUT2D eigenvalue weighted by atomic mass is 10.2. The highest BCUT2D eigenvalue weighted by Gasteiger charge is 2.07. The molecule has 1 heterocycles. The third kappa shape index (κ3) is 5.28. The number of ether oxygens (including phenoxy) is 2. The van der Waals surface area contributed by atoms with Crippen LogP contribution >= 0.6 is 11.6 Å². The minimum Gasteiger partial charge on any atom is -0.493 e. The summed E-state index contributed by atoms with van der Waals surface area (Å²) in [6.07, 6.45) is 5.79. The fourth-order valence-electron chi connectivity index (χ4n) is 2.26. The summed E-state index contributed by atoms with van der Waals surface area (Å²) in [5, 5.41) is 4.60. The van der Waals surface area contributed by atoms with Crippen LogP contribution in [0, 0.1) is 0 Å². The maximum Gasteiger partial charge on any atom is 0.291 e. The van der Waals surface area contributed by atoms with Gasteiger partial charge < -0.3 is 9.47 Å². The number of methoxy groups -OCH3 is 1. The van der Waals surface area contributed by atoms with Gasteiger partial charge in [-0.25, -0.2) is 10.4 Å². The maximum atomic E-state index is 11.9. The second kappa shape index (κ2) is 9.48. The molecular weight excluding hydrogens is 380 g/mol. The zero-order valence-electron chi connectivity index (χ0n) is 15.0. The van der Waals surface area contributed by atoms with Crippen LogP contribution in [-0.2, 0) is 6.61 Å². The first kappa shape index (κ1) is 19.3. The second-order valence-electron chi connectivity index (χ2n) is 5.62. The van der Waals surface area contributed by atoms with Gasteiger partial charge in [0.05, 0.1) is 19.5 Å². The zero-order chi connectivity index (χ0) is 19.8. The Kier molecular flexibility index (Phi) is 6.54. The first-order chi connectivity index (χ1) is 13.7. The van der Waals surface area contributed by atoms with E-state index in [0.29, 0.717) is 23.1 Å². The van der Waals surface area contributed by atoms with E-state index in [9.17, 15) is 4.79 Å². The Labute approximate surface area is 167 Å². The van der Waals surface area contributed by atoms with Crippen LogP contribution in [0.5, 0.6) is 11.5 Å². The monoisotopic (exact) mass is 396 g/mol. The molecule has 0 radical (unpaired) electrons. The first-order valence-electron chi connectivity index (χ1n) is 8.30. The number of halogens is 1. The Morgan fingerprint density at radius 3 is 2.71 bits per heavy atom. The zero-order valence-corrected chi connectivity index (χ0v) is 15.8. The number of nitrogens with zero attached hydrogens (tertiary/aromatic N) is 3. The highest BCUT2D eigenvalue weighted by Crippen LogP contribution is 2.28. The van der Waals surface area contributed by atoms with Gasteiger partial charge in [0.1, 0.15) is 12.3 Å². The van der Waals surface area contributed by atoms with E-state index in [1.54, 1.807) is 25.3 Å². The lowest BCUT2D eigenvalue weighted by Crippen LogP contribution is -2.19. The molecule has 0 aliphatic rings. The summed E-state index contributed by atoms with van der Waals surface area (Å²) in [4.78, 5) is 19.6. The predicted molar refractivity (Wildman–Crippen MR) is 106 cm³/mol. The molecule has 1 N–H and O–H groups in total. The molecule has 0 atom stereocenters. The van der Waals surface area contributed by atoms with Gasteiger partial charge in [-0.3, -0.25) is 9.78 Å². The normalized spacial score (nSPS) is 10.6. The average Bonchev–Trinajstić information content (AvgIpc) is 2.74. The quantitative estimate of drug-likeness (QED) is 0.488.